The van der Waals surface area contributed by atoms with E-state index < -0.39 is 0 Å². The van der Waals surface area contributed by atoms with Crippen molar-refractivity contribution in [1.29, 1.82) is 0 Å². The van der Waals surface area contributed by atoms with Crippen LogP contribution < -0.4 is 5.32 Å². The molecule has 0 radical (unpaired) electrons. The van der Waals surface area contributed by atoms with Crippen LogP contribution in [0.5, 0.6) is 0 Å². The fourth-order valence-electron chi connectivity index (χ4n) is 3.77. The van der Waals surface area contributed by atoms with Gasteiger partial charge in [0.25, 0.3) is 0 Å². The van der Waals surface area contributed by atoms with Crippen molar-refractivity contribution in [3.05, 3.63) is 0 Å². The van der Waals surface area contributed by atoms with Gasteiger partial charge in [-0.3, -0.25) is 0 Å². The first-order valence-electron chi connectivity index (χ1n) is 8.60. The number of hydrogen-bond acceptors (Lipinski definition) is 2. The summed E-state index contributed by atoms with van der Waals surface area (Å²) in [6, 6.07) is 0.627. The van der Waals surface area contributed by atoms with Crippen LogP contribution in [0.1, 0.15) is 71.6 Å². The third-order valence-electron chi connectivity index (χ3n) is 4.99. The van der Waals surface area contributed by atoms with Crippen molar-refractivity contribution in [3.63, 3.8) is 0 Å². The molecular weight excluding hydrogens is 234 g/mol. The Morgan fingerprint density at radius 2 is 1.74 bits per heavy atom. The Morgan fingerprint density at radius 3 is 2.42 bits per heavy atom. The van der Waals surface area contributed by atoms with Crippen molar-refractivity contribution < 1.29 is 4.74 Å². The van der Waals surface area contributed by atoms with Crippen LogP contribution in [0.3, 0.4) is 0 Å². The molecule has 0 amide bonds. The van der Waals surface area contributed by atoms with Gasteiger partial charge >= 0.3 is 0 Å². The van der Waals surface area contributed by atoms with E-state index in [0.29, 0.717) is 12.1 Å². The van der Waals surface area contributed by atoms with Crippen LogP contribution in [0, 0.1) is 11.8 Å². The predicted octanol–water partition coefficient (Wildman–Crippen LogP) is 4.14. The third kappa shape index (κ3) is 5.43. The summed E-state index contributed by atoms with van der Waals surface area (Å²) in [4.78, 5) is 0. The van der Waals surface area contributed by atoms with Gasteiger partial charge in [-0.25, -0.2) is 0 Å². The number of hydrogen-bond donors (Lipinski definition) is 1. The maximum absolute atomic E-state index is 5.79. The van der Waals surface area contributed by atoms with Crippen molar-refractivity contribution in [2.75, 3.05) is 13.2 Å². The minimum absolute atomic E-state index is 0.585. The molecule has 19 heavy (non-hydrogen) atoms. The van der Waals surface area contributed by atoms with Crippen LogP contribution in [0.25, 0.3) is 0 Å². The molecule has 0 aromatic rings. The van der Waals surface area contributed by atoms with Crippen LogP contribution in [-0.4, -0.2) is 25.3 Å². The minimum atomic E-state index is 0.585. The standard InChI is InChI=1S/C17H33NO/c1-14(2)18-13-16-8-5-3-4-7-15(16)10-11-17-9-6-12-19-17/h14-18H,3-13H2,1-2H3. The highest BCUT2D eigenvalue weighted by Crippen LogP contribution is 2.33. The van der Waals surface area contributed by atoms with E-state index in [9.17, 15) is 0 Å². The molecule has 0 aromatic heterocycles. The molecule has 2 heteroatoms. The molecule has 1 aliphatic carbocycles. The Morgan fingerprint density at radius 1 is 0.947 bits per heavy atom. The van der Waals surface area contributed by atoms with Gasteiger partial charge in [-0.15, -0.1) is 0 Å². The molecule has 1 N–H and O–H groups in total. The van der Waals surface area contributed by atoms with E-state index in [4.69, 9.17) is 4.74 Å². The van der Waals surface area contributed by atoms with Crippen LogP contribution in [-0.2, 0) is 4.74 Å². The molecule has 0 aromatic carbocycles. The summed E-state index contributed by atoms with van der Waals surface area (Å²) in [7, 11) is 0. The Labute approximate surface area is 119 Å². The molecule has 1 saturated carbocycles. The quantitative estimate of drug-likeness (QED) is 0.730. The van der Waals surface area contributed by atoms with Crippen molar-refractivity contribution in [3.8, 4) is 0 Å². The van der Waals surface area contributed by atoms with E-state index in [1.165, 1.54) is 64.3 Å². The van der Waals surface area contributed by atoms with E-state index in [-0.39, 0.29) is 0 Å². The Balaban J connectivity index is 1.77. The molecule has 1 saturated heterocycles. The van der Waals surface area contributed by atoms with Gasteiger partial charge in [0.15, 0.2) is 0 Å². The highest BCUT2D eigenvalue weighted by Gasteiger charge is 2.25. The molecule has 2 fully saturated rings. The lowest BCUT2D eigenvalue weighted by Crippen LogP contribution is -2.32. The van der Waals surface area contributed by atoms with Crippen LogP contribution in [0.4, 0.5) is 0 Å². The average molecular weight is 267 g/mol. The molecule has 2 rings (SSSR count). The number of rotatable bonds is 6. The second-order valence-electron chi connectivity index (χ2n) is 6.93. The molecule has 2 aliphatic rings. The molecule has 3 unspecified atom stereocenters. The van der Waals surface area contributed by atoms with Crippen molar-refractivity contribution in [2.24, 2.45) is 11.8 Å². The lowest BCUT2D eigenvalue weighted by atomic mass is 9.83. The maximum atomic E-state index is 5.79. The van der Waals surface area contributed by atoms with Gasteiger partial charge in [-0.2, -0.15) is 0 Å². The summed E-state index contributed by atoms with van der Waals surface area (Å²) < 4.78 is 5.79. The molecule has 3 atom stereocenters. The van der Waals surface area contributed by atoms with Gasteiger partial charge in [0, 0.05) is 12.6 Å². The van der Waals surface area contributed by atoms with Gasteiger partial charge < -0.3 is 10.1 Å². The SMILES string of the molecule is CC(C)NCC1CCCCCC1CCC1CCCO1. The lowest BCUT2D eigenvalue weighted by molar-refractivity contribution is 0.0934. The molecule has 0 bridgehead atoms. The average Bonchev–Trinajstić information content (AvgIpc) is 2.80. The second-order valence-corrected chi connectivity index (χ2v) is 6.93. The summed E-state index contributed by atoms with van der Waals surface area (Å²) in [5.41, 5.74) is 0. The van der Waals surface area contributed by atoms with Gasteiger partial charge in [-0.05, 0) is 50.5 Å². The monoisotopic (exact) mass is 267 g/mol. The Kier molecular flexibility index (Phi) is 6.66. The first-order chi connectivity index (χ1) is 9.25. The van der Waals surface area contributed by atoms with Crippen LogP contribution >= 0.6 is 0 Å². The van der Waals surface area contributed by atoms with E-state index in [1.807, 2.05) is 0 Å². The zero-order valence-electron chi connectivity index (χ0n) is 13.0. The zero-order chi connectivity index (χ0) is 13.5. The van der Waals surface area contributed by atoms with Gasteiger partial charge in [-0.1, -0.05) is 39.5 Å². The molecular formula is C17H33NO. The fourth-order valence-corrected chi connectivity index (χ4v) is 3.77. The van der Waals surface area contributed by atoms with E-state index >= 15 is 0 Å². The highest BCUT2D eigenvalue weighted by molar-refractivity contribution is 4.78. The predicted molar refractivity (Wildman–Crippen MR) is 81.4 cm³/mol. The van der Waals surface area contributed by atoms with Gasteiger partial charge in [0.05, 0.1) is 6.10 Å². The zero-order valence-corrected chi connectivity index (χ0v) is 13.0. The lowest BCUT2D eigenvalue weighted by Gasteiger charge is -2.27. The van der Waals surface area contributed by atoms with Crippen LogP contribution in [0.2, 0.25) is 0 Å². The minimum Gasteiger partial charge on any atom is -0.378 e. The molecule has 1 aliphatic heterocycles. The summed E-state index contributed by atoms with van der Waals surface area (Å²) >= 11 is 0. The van der Waals surface area contributed by atoms with Crippen molar-refractivity contribution >= 4 is 0 Å². The van der Waals surface area contributed by atoms with Gasteiger partial charge in [0.2, 0.25) is 0 Å². The van der Waals surface area contributed by atoms with E-state index in [0.717, 1.165) is 18.4 Å². The van der Waals surface area contributed by atoms with Crippen molar-refractivity contribution in [2.45, 2.75) is 83.8 Å². The molecule has 2 nitrogen and oxygen atoms in total. The second kappa shape index (κ2) is 8.26. The topological polar surface area (TPSA) is 21.3 Å². The third-order valence-corrected chi connectivity index (χ3v) is 4.99. The van der Waals surface area contributed by atoms with E-state index in [2.05, 4.69) is 19.2 Å². The highest BCUT2D eigenvalue weighted by atomic mass is 16.5. The summed E-state index contributed by atoms with van der Waals surface area (Å²) in [5.74, 6) is 1.85. The normalized spacial score (nSPS) is 32.7. The molecule has 112 valence electrons. The smallest absolute Gasteiger partial charge is 0.0576 e. The summed E-state index contributed by atoms with van der Waals surface area (Å²) in [5, 5.41) is 3.67. The van der Waals surface area contributed by atoms with E-state index in [1.54, 1.807) is 0 Å². The summed E-state index contributed by atoms with van der Waals surface area (Å²) in [6.45, 7) is 6.76. The first-order valence-corrected chi connectivity index (χ1v) is 8.60. The first kappa shape index (κ1) is 15.3. The number of ether oxygens (including phenoxy) is 1. The summed E-state index contributed by atoms with van der Waals surface area (Å²) in [6.07, 6.45) is 13.1. The van der Waals surface area contributed by atoms with Crippen LogP contribution in [0.15, 0.2) is 0 Å². The van der Waals surface area contributed by atoms with Crippen molar-refractivity contribution in [1.82, 2.24) is 5.32 Å². The fraction of sp³-hybridized carbons (Fsp3) is 1.00. The van der Waals surface area contributed by atoms with Gasteiger partial charge in [0.1, 0.15) is 0 Å². The number of nitrogens with one attached hydrogen (secondary N) is 1. The molecule has 1 heterocycles. The largest absolute Gasteiger partial charge is 0.378 e. The Bertz CT molecular complexity index is 235. The maximum Gasteiger partial charge on any atom is 0.0576 e. The molecule has 0 spiro atoms. The Hall–Kier alpha value is -0.0800.